The van der Waals surface area contributed by atoms with Crippen LogP contribution in [-0.4, -0.2) is 61.1 Å². The number of nitrogens with one attached hydrogen (secondary N) is 1. The van der Waals surface area contributed by atoms with Crippen LogP contribution < -0.4 is 10.2 Å². The molecule has 45 heavy (non-hydrogen) atoms. The molecule has 0 bridgehead atoms. The van der Waals surface area contributed by atoms with E-state index in [9.17, 15) is 40.7 Å². The second-order valence-corrected chi connectivity index (χ2v) is 10.3. The van der Waals surface area contributed by atoms with Gasteiger partial charge in [-0.05, 0) is 57.2 Å². The number of nitrogens with zero attached hydrogens (tertiary/aromatic N) is 5. The fourth-order valence-electron chi connectivity index (χ4n) is 3.70. The Balaban J connectivity index is 1.60. The summed E-state index contributed by atoms with van der Waals surface area (Å²) in [7, 11) is 0. The fourth-order valence-corrected chi connectivity index (χ4v) is 3.70. The molecule has 0 atom stereocenters. The summed E-state index contributed by atoms with van der Waals surface area (Å²) in [4.78, 5) is 44.4. The molecule has 3 aromatic heterocycles. The number of aromatic carboxylic acids is 1. The first-order chi connectivity index (χ1) is 20.8. The van der Waals surface area contributed by atoms with Gasteiger partial charge in [0.2, 0.25) is 5.89 Å². The molecule has 0 aliphatic carbocycles. The number of aromatic nitrogens is 4. The smallest absolute Gasteiger partial charge is 0.437 e. The van der Waals surface area contributed by atoms with Gasteiger partial charge in [-0.3, -0.25) is 9.69 Å². The number of hydrogen-bond acceptors (Lipinski definition) is 8. The van der Waals surface area contributed by atoms with Gasteiger partial charge >= 0.3 is 24.4 Å². The molecule has 0 unspecified atom stereocenters. The van der Waals surface area contributed by atoms with Crippen LogP contribution in [0.5, 0.6) is 0 Å². The fraction of sp³-hybridized carbons (Fsp3) is 0.259. The van der Waals surface area contributed by atoms with E-state index in [1.165, 1.54) is 39.0 Å². The maximum atomic E-state index is 13.7. The summed E-state index contributed by atoms with van der Waals surface area (Å²) < 4.78 is 92.1. The number of oxazole rings is 1. The molecule has 0 radical (unpaired) electrons. The van der Waals surface area contributed by atoms with Gasteiger partial charge in [-0.1, -0.05) is 0 Å². The highest BCUT2D eigenvalue weighted by molar-refractivity contribution is 6.03. The Kier molecular flexibility index (Phi) is 8.61. The predicted octanol–water partition coefficient (Wildman–Crippen LogP) is 6.20. The van der Waals surface area contributed by atoms with Crippen molar-refractivity contribution in [2.45, 2.75) is 38.7 Å². The van der Waals surface area contributed by atoms with E-state index in [4.69, 9.17) is 14.3 Å². The van der Waals surface area contributed by atoms with Crippen molar-refractivity contribution < 1.29 is 55.0 Å². The molecule has 0 aliphatic rings. The minimum atomic E-state index is -5.01. The number of pyridine rings is 1. The predicted molar refractivity (Wildman–Crippen MR) is 143 cm³/mol. The van der Waals surface area contributed by atoms with Crippen molar-refractivity contribution >= 4 is 29.5 Å². The van der Waals surface area contributed by atoms with Crippen molar-refractivity contribution in [2.75, 3.05) is 16.8 Å². The van der Waals surface area contributed by atoms with E-state index in [0.29, 0.717) is 0 Å². The number of rotatable bonds is 7. The third kappa shape index (κ3) is 8.15. The van der Waals surface area contributed by atoms with Crippen LogP contribution in [0.3, 0.4) is 0 Å². The summed E-state index contributed by atoms with van der Waals surface area (Å²) in [6, 6.07) is 7.01. The summed E-state index contributed by atoms with van der Waals surface area (Å²) in [5.41, 5.74) is -3.93. The molecule has 0 saturated carbocycles. The van der Waals surface area contributed by atoms with Gasteiger partial charge in [0.15, 0.2) is 11.4 Å². The topological polar surface area (TPSA) is 153 Å². The minimum Gasteiger partial charge on any atom is -0.478 e. The minimum absolute atomic E-state index is 0.0246. The first kappa shape index (κ1) is 32.5. The Morgan fingerprint density at radius 1 is 1.04 bits per heavy atom. The van der Waals surface area contributed by atoms with Crippen LogP contribution in [0.25, 0.3) is 17.1 Å². The zero-order chi connectivity index (χ0) is 33.3. The number of anilines is 2. The molecule has 0 aliphatic heterocycles. The van der Waals surface area contributed by atoms with Crippen LogP contribution in [0, 0.1) is 0 Å². The van der Waals surface area contributed by atoms with Crippen molar-refractivity contribution in [3.8, 4) is 17.1 Å². The maximum Gasteiger partial charge on any atom is 0.437 e. The van der Waals surface area contributed by atoms with Crippen LogP contribution >= 0.6 is 0 Å². The van der Waals surface area contributed by atoms with Gasteiger partial charge in [0.25, 0.3) is 5.91 Å². The summed E-state index contributed by atoms with van der Waals surface area (Å²) >= 11 is 0. The number of hydrogen-bond donors (Lipinski definition) is 2. The van der Waals surface area contributed by atoms with Crippen molar-refractivity contribution in [3.63, 3.8) is 0 Å². The van der Waals surface area contributed by atoms with Gasteiger partial charge in [0, 0.05) is 11.8 Å². The molecule has 2 N–H and O–H groups in total. The number of carboxylic acids is 1. The Morgan fingerprint density at radius 2 is 1.71 bits per heavy atom. The summed E-state index contributed by atoms with van der Waals surface area (Å²) in [5, 5.41) is 14.5. The van der Waals surface area contributed by atoms with Crippen LogP contribution in [-0.2, 0) is 10.9 Å². The normalized spacial score (nSPS) is 12.1. The molecule has 0 fully saturated rings. The second-order valence-electron chi connectivity index (χ2n) is 10.3. The maximum absolute atomic E-state index is 13.7. The molecule has 3 heterocycles. The van der Waals surface area contributed by atoms with Gasteiger partial charge in [0.05, 0.1) is 23.1 Å². The first-order valence-corrected chi connectivity index (χ1v) is 12.6. The highest BCUT2D eigenvalue weighted by Crippen LogP contribution is 2.35. The molecule has 1 aromatic carbocycles. The van der Waals surface area contributed by atoms with Crippen LogP contribution in [0.1, 0.15) is 47.3 Å². The Bertz CT molecular complexity index is 1720. The number of ether oxygens (including phenoxy) is 1. The number of halogens is 6. The largest absolute Gasteiger partial charge is 0.478 e. The standard InChI is InChI=1S/C27H22F6N6O6/c1-25(2,3)45-24(43)38(13-26(28,29)30)19-10-15(8-9-34-19)22-36-18(12-44-22)21(40)35-17-11-39(37-20(17)27(31,32)33)16-6-4-14(5-7-16)23(41)42/h4-12H,13H2,1-3H3,(H,35,40)(H,41,42). The van der Waals surface area contributed by atoms with E-state index >= 15 is 0 Å². The molecule has 0 saturated heterocycles. The molecule has 12 nitrogen and oxygen atoms in total. The van der Waals surface area contributed by atoms with E-state index in [1.807, 2.05) is 5.32 Å². The quantitative estimate of drug-likeness (QED) is 0.225. The van der Waals surface area contributed by atoms with Crippen molar-refractivity contribution in [2.24, 2.45) is 0 Å². The molecule has 18 heteroatoms. The molecular weight excluding hydrogens is 618 g/mol. The number of carbonyl (C=O) groups excluding carboxylic acids is 2. The lowest BCUT2D eigenvalue weighted by Gasteiger charge is -2.27. The number of carboxylic acid groups (broad SMARTS) is 1. The third-order valence-corrected chi connectivity index (χ3v) is 5.57. The molecule has 0 spiro atoms. The van der Waals surface area contributed by atoms with Crippen LogP contribution in [0.2, 0.25) is 0 Å². The van der Waals surface area contributed by atoms with Gasteiger partial charge < -0.3 is 19.6 Å². The van der Waals surface area contributed by atoms with E-state index in [1.54, 1.807) is 0 Å². The third-order valence-electron chi connectivity index (χ3n) is 5.57. The van der Waals surface area contributed by atoms with Crippen molar-refractivity contribution in [1.82, 2.24) is 19.7 Å². The zero-order valence-corrected chi connectivity index (χ0v) is 23.4. The highest BCUT2D eigenvalue weighted by atomic mass is 19.4. The lowest BCUT2D eigenvalue weighted by atomic mass is 10.2. The molecule has 2 amide bonds. The van der Waals surface area contributed by atoms with Gasteiger partial charge in [-0.15, -0.1) is 0 Å². The van der Waals surface area contributed by atoms with E-state index in [0.717, 1.165) is 41.5 Å². The molecule has 4 aromatic rings. The Hall–Kier alpha value is -5.42. The van der Waals surface area contributed by atoms with E-state index in [-0.39, 0.29) is 27.6 Å². The van der Waals surface area contributed by atoms with E-state index < -0.39 is 65.4 Å². The Labute approximate surface area is 249 Å². The second kappa shape index (κ2) is 11.9. The number of benzene rings is 1. The van der Waals surface area contributed by atoms with Crippen molar-refractivity contribution in [3.05, 3.63) is 72.0 Å². The van der Waals surface area contributed by atoms with Crippen molar-refractivity contribution in [1.29, 1.82) is 0 Å². The summed E-state index contributed by atoms with van der Waals surface area (Å²) in [6.07, 6.45) is -8.46. The average molecular weight is 640 g/mol. The number of alkyl halides is 6. The molecule has 238 valence electrons. The lowest BCUT2D eigenvalue weighted by Crippen LogP contribution is -2.42. The number of amides is 2. The molecular formula is C27H22F6N6O6. The summed E-state index contributed by atoms with van der Waals surface area (Å²) in [6.45, 7) is 2.64. The van der Waals surface area contributed by atoms with Gasteiger partial charge in [-0.2, -0.15) is 31.4 Å². The van der Waals surface area contributed by atoms with E-state index in [2.05, 4.69) is 15.1 Å². The average Bonchev–Trinajstić information content (AvgIpc) is 3.59. The van der Waals surface area contributed by atoms with Gasteiger partial charge in [0.1, 0.15) is 24.2 Å². The number of carbonyl (C=O) groups is 3. The zero-order valence-electron chi connectivity index (χ0n) is 23.4. The van der Waals surface area contributed by atoms with Crippen LogP contribution in [0.4, 0.5) is 42.6 Å². The highest BCUT2D eigenvalue weighted by Gasteiger charge is 2.39. The monoisotopic (exact) mass is 640 g/mol. The first-order valence-electron chi connectivity index (χ1n) is 12.6. The summed E-state index contributed by atoms with van der Waals surface area (Å²) in [5.74, 6) is -3.22. The Morgan fingerprint density at radius 3 is 2.29 bits per heavy atom. The van der Waals surface area contributed by atoms with Gasteiger partial charge in [-0.25, -0.2) is 24.2 Å². The lowest BCUT2D eigenvalue weighted by molar-refractivity contribution is -0.140. The SMILES string of the molecule is CC(C)(C)OC(=O)N(CC(F)(F)F)c1cc(-c2nc(C(=O)Nc3cn(-c4ccc(C(=O)O)cc4)nc3C(F)(F)F)co2)ccn1. The van der Waals surface area contributed by atoms with Crippen LogP contribution in [0.15, 0.2) is 59.5 Å². The molecule has 4 rings (SSSR count).